The minimum absolute atomic E-state index is 0.267. The van der Waals surface area contributed by atoms with Crippen LogP contribution in [0.2, 0.25) is 0 Å². The first-order valence-corrected chi connectivity index (χ1v) is 11.1. The van der Waals surface area contributed by atoms with Gasteiger partial charge in [0, 0.05) is 10.5 Å². The number of hydrogen-bond donors (Lipinski definition) is 2. The van der Waals surface area contributed by atoms with Crippen molar-refractivity contribution >= 4 is 34.9 Å². The summed E-state index contributed by atoms with van der Waals surface area (Å²) >= 11 is 1.09. The lowest BCUT2D eigenvalue weighted by Crippen LogP contribution is -2.36. The molecule has 0 atom stereocenters. The molecule has 34 heavy (non-hydrogen) atoms. The minimum Gasteiger partial charge on any atom is -0.493 e. The van der Waals surface area contributed by atoms with E-state index in [4.69, 9.17) is 9.47 Å². The Labute approximate surface area is 200 Å². The summed E-state index contributed by atoms with van der Waals surface area (Å²) in [5.41, 5.74) is 4.64. The second-order valence-electron chi connectivity index (χ2n) is 7.49. The van der Waals surface area contributed by atoms with Gasteiger partial charge in [0.25, 0.3) is 5.91 Å². The fourth-order valence-corrected chi connectivity index (χ4v) is 3.88. The molecule has 4 aromatic rings. The number of aromatic nitrogens is 3. The van der Waals surface area contributed by atoms with Crippen molar-refractivity contribution in [2.45, 2.75) is 18.7 Å². The van der Waals surface area contributed by atoms with Gasteiger partial charge in [0.2, 0.25) is 0 Å². The Morgan fingerprint density at radius 1 is 0.882 bits per heavy atom. The van der Waals surface area contributed by atoms with Gasteiger partial charge in [0.05, 0.1) is 19.9 Å². The number of urea groups is 1. The third-order valence-corrected chi connectivity index (χ3v) is 6.02. The van der Waals surface area contributed by atoms with Crippen LogP contribution < -0.4 is 19.5 Å². The summed E-state index contributed by atoms with van der Waals surface area (Å²) in [4.78, 5) is 27.1. The summed E-state index contributed by atoms with van der Waals surface area (Å²) in [6, 6.07) is 15.7. The SMILES string of the molecule is COc1ccc(C(=O)NC(=O)NSc2cc3nn(-c4ccc(C)cc4)nc3cc2C)cc1OC. The third-order valence-electron chi connectivity index (χ3n) is 5.07. The molecule has 10 heteroatoms. The van der Waals surface area contributed by atoms with E-state index in [2.05, 4.69) is 20.2 Å². The Bertz CT molecular complexity index is 1370. The zero-order valence-electron chi connectivity index (χ0n) is 19.1. The molecule has 9 nitrogen and oxygen atoms in total. The first-order valence-electron chi connectivity index (χ1n) is 10.3. The van der Waals surface area contributed by atoms with Gasteiger partial charge in [0.15, 0.2) is 11.5 Å². The maximum atomic E-state index is 12.4. The van der Waals surface area contributed by atoms with Crippen LogP contribution in [0.1, 0.15) is 21.5 Å². The van der Waals surface area contributed by atoms with Crippen molar-refractivity contribution < 1.29 is 19.1 Å². The predicted molar refractivity (Wildman–Crippen MR) is 130 cm³/mol. The highest BCUT2D eigenvalue weighted by Gasteiger charge is 2.15. The highest BCUT2D eigenvalue weighted by atomic mass is 32.2. The number of ether oxygens (including phenoxy) is 2. The van der Waals surface area contributed by atoms with Crippen molar-refractivity contribution in [3.8, 4) is 17.2 Å². The van der Waals surface area contributed by atoms with Gasteiger partial charge in [-0.05, 0) is 73.8 Å². The number of hydrogen-bond acceptors (Lipinski definition) is 7. The Morgan fingerprint density at radius 2 is 1.56 bits per heavy atom. The van der Waals surface area contributed by atoms with Crippen molar-refractivity contribution in [1.29, 1.82) is 0 Å². The Balaban J connectivity index is 1.43. The monoisotopic (exact) mass is 477 g/mol. The first kappa shape index (κ1) is 23.1. The Morgan fingerprint density at radius 3 is 2.24 bits per heavy atom. The molecule has 0 bridgehead atoms. The molecule has 0 aliphatic heterocycles. The minimum atomic E-state index is -0.646. The smallest absolute Gasteiger partial charge is 0.331 e. The van der Waals surface area contributed by atoms with E-state index in [1.54, 1.807) is 16.9 Å². The highest BCUT2D eigenvalue weighted by Crippen LogP contribution is 2.28. The molecule has 0 aliphatic rings. The molecule has 4 rings (SSSR count). The van der Waals surface area contributed by atoms with Crippen LogP contribution in [0.25, 0.3) is 16.7 Å². The first-order chi connectivity index (χ1) is 16.4. The fourth-order valence-electron chi connectivity index (χ4n) is 3.23. The molecule has 3 amide bonds. The van der Waals surface area contributed by atoms with Crippen LogP contribution in [0, 0.1) is 13.8 Å². The molecule has 0 radical (unpaired) electrons. The number of nitrogens with zero attached hydrogens (tertiary/aromatic N) is 3. The summed E-state index contributed by atoms with van der Waals surface area (Å²) in [6.07, 6.45) is 0. The number of aryl methyl sites for hydroxylation is 2. The molecule has 0 fully saturated rings. The normalized spacial score (nSPS) is 10.7. The van der Waals surface area contributed by atoms with Gasteiger partial charge in [-0.15, -0.1) is 10.2 Å². The largest absolute Gasteiger partial charge is 0.493 e. The van der Waals surface area contributed by atoms with Crippen LogP contribution in [0.15, 0.2) is 59.5 Å². The fraction of sp³-hybridized carbons (Fsp3) is 0.167. The highest BCUT2D eigenvalue weighted by molar-refractivity contribution is 7.98. The molecular weight excluding hydrogens is 454 g/mol. The van der Waals surface area contributed by atoms with E-state index in [1.807, 2.05) is 50.2 Å². The van der Waals surface area contributed by atoms with Crippen LogP contribution in [0.5, 0.6) is 11.5 Å². The average molecular weight is 478 g/mol. The van der Waals surface area contributed by atoms with Gasteiger partial charge in [-0.2, -0.15) is 4.80 Å². The number of nitrogens with one attached hydrogen (secondary N) is 2. The second kappa shape index (κ2) is 9.84. The zero-order chi connectivity index (χ0) is 24.2. The maximum absolute atomic E-state index is 12.4. The molecule has 1 aromatic heterocycles. The van der Waals surface area contributed by atoms with Crippen molar-refractivity contribution in [3.63, 3.8) is 0 Å². The van der Waals surface area contributed by atoms with Crippen molar-refractivity contribution in [2.75, 3.05) is 14.2 Å². The van der Waals surface area contributed by atoms with Gasteiger partial charge < -0.3 is 9.47 Å². The molecular formula is C24H23N5O4S. The number of methoxy groups -OCH3 is 2. The molecule has 2 N–H and O–H groups in total. The van der Waals surface area contributed by atoms with Crippen LogP contribution in [-0.4, -0.2) is 41.2 Å². The lowest BCUT2D eigenvalue weighted by molar-refractivity contribution is 0.0965. The van der Waals surface area contributed by atoms with Crippen molar-refractivity contribution in [2.24, 2.45) is 0 Å². The van der Waals surface area contributed by atoms with Crippen LogP contribution in [-0.2, 0) is 0 Å². The van der Waals surface area contributed by atoms with Crippen LogP contribution in [0.3, 0.4) is 0 Å². The summed E-state index contributed by atoms with van der Waals surface area (Å²) in [5.74, 6) is 0.323. The molecule has 0 aliphatic carbocycles. The van der Waals surface area contributed by atoms with E-state index in [9.17, 15) is 9.59 Å². The lowest BCUT2D eigenvalue weighted by atomic mass is 10.2. The standard InChI is InChI=1S/C24H23N5O4S/c1-14-5-8-17(9-6-14)29-26-18-11-15(2)22(13-19(18)27-29)34-28-24(31)25-23(30)16-7-10-20(32-3)21(12-16)33-4/h5-13H,1-4H3,(H2,25,28,30,31). The Hall–Kier alpha value is -4.05. The van der Waals surface area contributed by atoms with Crippen LogP contribution in [0.4, 0.5) is 4.79 Å². The third kappa shape index (κ3) is 4.96. The molecule has 1 heterocycles. The molecule has 0 unspecified atom stereocenters. The van der Waals surface area contributed by atoms with Gasteiger partial charge in [-0.25, -0.2) is 4.79 Å². The number of rotatable bonds is 6. The summed E-state index contributed by atoms with van der Waals surface area (Å²) in [7, 11) is 2.98. The number of amides is 3. The quantitative estimate of drug-likeness (QED) is 0.401. The summed E-state index contributed by atoms with van der Waals surface area (Å²) in [5, 5.41) is 11.4. The topological polar surface area (TPSA) is 107 Å². The summed E-state index contributed by atoms with van der Waals surface area (Å²) < 4.78 is 13.0. The number of fused-ring (bicyclic) bond motifs is 1. The number of carbonyl (C=O) groups is 2. The second-order valence-corrected chi connectivity index (χ2v) is 8.34. The molecule has 0 spiro atoms. The lowest BCUT2D eigenvalue weighted by Gasteiger charge is -2.10. The van der Waals surface area contributed by atoms with E-state index in [0.29, 0.717) is 17.0 Å². The molecule has 0 saturated carbocycles. The molecule has 0 saturated heterocycles. The average Bonchev–Trinajstić information content (AvgIpc) is 3.25. The van der Waals surface area contributed by atoms with Crippen LogP contribution >= 0.6 is 11.9 Å². The van der Waals surface area contributed by atoms with E-state index in [-0.39, 0.29) is 5.56 Å². The van der Waals surface area contributed by atoms with Gasteiger partial charge >= 0.3 is 6.03 Å². The van der Waals surface area contributed by atoms with Gasteiger partial charge in [-0.3, -0.25) is 14.8 Å². The van der Waals surface area contributed by atoms with Crippen molar-refractivity contribution in [1.82, 2.24) is 25.0 Å². The van der Waals surface area contributed by atoms with Crippen molar-refractivity contribution in [3.05, 3.63) is 71.3 Å². The molecule has 174 valence electrons. The maximum Gasteiger partial charge on any atom is 0.331 e. The van der Waals surface area contributed by atoms with E-state index in [1.165, 1.54) is 20.3 Å². The zero-order valence-corrected chi connectivity index (χ0v) is 19.9. The van der Waals surface area contributed by atoms with E-state index < -0.39 is 11.9 Å². The van der Waals surface area contributed by atoms with E-state index >= 15 is 0 Å². The molecule has 3 aromatic carbocycles. The number of benzene rings is 3. The predicted octanol–water partition coefficient (Wildman–Crippen LogP) is 4.20. The Kier molecular flexibility index (Phi) is 6.69. The summed E-state index contributed by atoms with van der Waals surface area (Å²) in [6.45, 7) is 3.94. The number of carbonyl (C=O) groups excluding carboxylic acids is 2. The van der Waals surface area contributed by atoms with Gasteiger partial charge in [0.1, 0.15) is 11.0 Å². The number of imide groups is 1. The van der Waals surface area contributed by atoms with E-state index in [0.717, 1.165) is 39.2 Å². The van der Waals surface area contributed by atoms with Gasteiger partial charge in [-0.1, -0.05) is 17.7 Å².